The summed E-state index contributed by atoms with van der Waals surface area (Å²) in [5.74, 6) is 1.08. The van der Waals surface area contributed by atoms with Crippen molar-refractivity contribution in [1.29, 1.82) is 0 Å². The van der Waals surface area contributed by atoms with Gasteiger partial charge in [-0.25, -0.2) is 0 Å². The number of hydrogen-bond donors (Lipinski definition) is 1. The van der Waals surface area contributed by atoms with E-state index in [0.717, 1.165) is 51.7 Å². The molecule has 0 spiro atoms. The predicted octanol–water partition coefficient (Wildman–Crippen LogP) is 1.92. The number of nitrogens with one attached hydrogen (secondary N) is 1. The highest BCUT2D eigenvalue weighted by atomic mass is 35.5. The summed E-state index contributed by atoms with van der Waals surface area (Å²) < 4.78 is 0. The van der Waals surface area contributed by atoms with E-state index in [1.165, 1.54) is 32.1 Å². The maximum absolute atomic E-state index is 13.1. The van der Waals surface area contributed by atoms with Crippen molar-refractivity contribution < 1.29 is 4.79 Å². The van der Waals surface area contributed by atoms with Gasteiger partial charge in [-0.1, -0.05) is 12.8 Å². The lowest BCUT2D eigenvalue weighted by molar-refractivity contribution is -0.147. The van der Waals surface area contributed by atoms with Crippen LogP contribution < -0.4 is 5.32 Å². The number of hydrogen-bond acceptors (Lipinski definition) is 3. The summed E-state index contributed by atoms with van der Waals surface area (Å²) in [6, 6.07) is 0.848. The first-order chi connectivity index (χ1) is 9.79. The minimum atomic E-state index is -0.0417. The zero-order valence-electron chi connectivity index (χ0n) is 13.3. The number of halogens is 2. The Bertz CT molecular complexity index is 397. The first kappa shape index (κ1) is 18.3. The monoisotopic (exact) mass is 349 g/mol. The summed E-state index contributed by atoms with van der Waals surface area (Å²) in [6.45, 7) is 6.12. The summed E-state index contributed by atoms with van der Waals surface area (Å²) in [6.07, 6.45) is 7.68. The van der Waals surface area contributed by atoms with Crippen LogP contribution in [0.2, 0.25) is 0 Å². The number of piperazine rings is 1. The fourth-order valence-corrected chi connectivity index (χ4v) is 4.71. The van der Waals surface area contributed by atoms with Gasteiger partial charge in [-0.05, 0) is 38.1 Å². The van der Waals surface area contributed by atoms with Crippen LogP contribution in [-0.2, 0) is 4.79 Å². The standard InChI is InChI=1S/C16H27N3O.2ClH/c20-15(16-6-2-1-3-13(16)11-17-12-16)19-9-7-18(8-10-19)14-4-5-14;;/h13-14,17H,1-12H2;2*1H/t13-,16+;;/m0../s1. The van der Waals surface area contributed by atoms with Crippen molar-refractivity contribution in [2.24, 2.45) is 11.3 Å². The molecule has 2 saturated heterocycles. The van der Waals surface area contributed by atoms with Gasteiger partial charge in [0.05, 0.1) is 5.41 Å². The predicted molar refractivity (Wildman–Crippen MR) is 92.9 cm³/mol. The highest BCUT2D eigenvalue weighted by Gasteiger charge is 2.51. The molecule has 0 unspecified atom stereocenters. The molecular formula is C16H29Cl2N3O. The van der Waals surface area contributed by atoms with E-state index < -0.39 is 0 Å². The molecule has 2 aliphatic heterocycles. The average molecular weight is 350 g/mol. The first-order valence-electron chi connectivity index (χ1n) is 8.54. The maximum atomic E-state index is 13.1. The van der Waals surface area contributed by atoms with Crippen LogP contribution in [0.5, 0.6) is 0 Å². The van der Waals surface area contributed by atoms with Crippen LogP contribution in [0, 0.1) is 11.3 Å². The molecule has 4 nitrogen and oxygen atoms in total. The molecule has 128 valence electrons. The summed E-state index contributed by atoms with van der Waals surface area (Å²) >= 11 is 0. The van der Waals surface area contributed by atoms with E-state index in [9.17, 15) is 4.79 Å². The van der Waals surface area contributed by atoms with Crippen molar-refractivity contribution in [2.75, 3.05) is 39.3 Å². The Kier molecular flexibility index (Phi) is 6.03. The van der Waals surface area contributed by atoms with E-state index >= 15 is 0 Å². The summed E-state index contributed by atoms with van der Waals surface area (Å²) in [5, 5.41) is 3.50. The first-order valence-corrected chi connectivity index (χ1v) is 8.54. The third-order valence-electron chi connectivity index (χ3n) is 6.13. The van der Waals surface area contributed by atoms with Crippen molar-refractivity contribution in [2.45, 2.75) is 44.6 Å². The quantitative estimate of drug-likeness (QED) is 0.827. The van der Waals surface area contributed by atoms with Crippen LogP contribution in [0.3, 0.4) is 0 Å². The lowest BCUT2D eigenvalue weighted by Gasteiger charge is -2.43. The Balaban J connectivity index is 0.000000882. The van der Waals surface area contributed by atoms with Gasteiger partial charge in [-0.2, -0.15) is 0 Å². The average Bonchev–Trinajstić information content (AvgIpc) is 3.25. The Morgan fingerprint density at radius 2 is 1.73 bits per heavy atom. The van der Waals surface area contributed by atoms with Gasteiger partial charge in [0.1, 0.15) is 0 Å². The number of rotatable bonds is 2. The zero-order valence-corrected chi connectivity index (χ0v) is 14.9. The van der Waals surface area contributed by atoms with E-state index in [1.54, 1.807) is 0 Å². The summed E-state index contributed by atoms with van der Waals surface area (Å²) in [5.41, 5.74) is -0.0417. The molecule has 22 heavy (non-hydrogen) atoms. The van der Waals surface area contributed by atoms with Crippen LogP contribution in [0.4, 0.5) is 0 Å². The molecule has 0 aromatic carbocycles. The molecule has 2 heterocycles. The lowest BCUT2D eigenvalue weighted by Crippen LogP contribution is -2.56. The Hall–Kier alpha value is -0.0300. The molecule has 4 fully saturated rings. The van der Waals surface area contributed by atoms with E-state index in [0.29, 0.717) is 11.8 Å². The third-order valence-corrected chi connectivity index (χ3v) is 6.13. The molecule has 4 aliphatic rings. The van der Waals surface area contributed by atoms with Crippen LogP contribution in [-0.4, -0.2) is 61.0 Å². The minimum Gasteiger partial charge on any atom is -0.340 e. The second-order valence-corrected chi connectivity index (χ2v) is 7.29. The molecule has 6 heteroatoms. The van der Waals surface area contributed by atoms with Gasteiger partial charge in [-0.3, -0.25) is 9.69 Å². The van der Waals surface area contributed by atoms with E-state index in [-0.39, 0.29) is 30.2 Å². The highest BCUT2D eigenvalue weighted by molar-refractivity contribution is 5.85. The van der Waals surface area contributed by atoms with Gasteiger partial charge in [0.2, 0.25) is 5.91 Å². The SMILES string of the molecule is Cl.Cl.O=C(N1CCN(C2CC2)CC1)[C@@]12CCCC[C@H]1CNC2. The molecule has 2 saturated carbocycles. The van der Waals surface area contributed by atoms with Gasteiger partial charge in [0, 0.05) is 38.8 Å². The fraction of sp³-hybridized carbons (Fsp3) is 0.938. The largest absolute Gasteiger partial charge is 0.340 e. The van der Waals surface area contributed by atoms with Gasteiger partial charge in [0.15, 0.2) is 0 Å². The van der Waals surface area contributed by atoms with Gasteiger partial charge in [-0.15, -0.1) is 24.8 Å². The summed E-state index contributed by atoms with van der Waals surface area (Å²) in [7, 11) is 0. The van der Waals surface area contributed by atoms with Crippen molar-refractivity contribution in [3.8, 4) is 0 Å². The molecule has 0 aromatic heterocycles. The Morgan fingerprint density at radius 3 is 2.41 bits per heavy atom. The lowest BCUT2D eigenvalue weighted by atomic mass is 9.67. The number of amides is 1. The second kappa shape index (κ2) is 7.25. The molecule has 1 N–H and O–H groups in total. The van der Waals surface area contributed by atoms with E-state index in [2.05, 4.69) is 15.1 Å². The van der Waals surface area contributed by atoms with Crippen LogP contribution >= 0.6 is 24.8 Å². The maximum Gasteiger partial charge on any atom is 0.230 e. The van der Waals surface area contributed by atoms with Gasteiger partial charge in [0.25, 0.3) is 0 Å². The Labute approximate surface area is 146 Å². The van der Waals surface area contributed by atoms with E-state index in [4.69, 9.17) is 0 Å². The number of nitrogens with zero attached hydrogens (tertiary/aromatic N) is 2. The van der Waals surface area contributed by atoms with E-state index in [1.807, 2.05) is 0 Å². The van der Waals surface area contributed by atoms with Crippen molar-refractivity contribution >= 4 is 30.7 Å². The molecule has 2 aliphatic carbocycles. The molecule has 4 rings (SSSR count). The number of fused-ring (bicyclic) bond motifs is 1. The number of carbonyl (C=O) groups excluding carboxylic acids is 1. The van der Waals surface area contributed by atoms with Gasteiger partial charge < -0.3 is 10.2 Å². The fourth-order valence-electron chi connectivity index (χ4n) is 4.71. The Morgan fingerprint density at radius 1 is 1.00 bits per heavy atom. The van der Waals surface area contributed by atoms with Gasteiger partial charge >= 0.3 is 0 Å². The van der Waals surface area contributed by atoms with Crippen molar-refractivity contribution in [3.63, 3.8) is 0 Å². The van der Waals surface area contributed by atoms with Crippen LogP contribution in [0.25, 0.3) is 0 Å². The molecule has 0 aromatic rings. The molecule has 1 amide bonds. The smallest absolute Gasteiger partial charge is 0.230 e. The molecule has 0 radical (unpaired) electrons. The van der Waals surface area contributed by atoms with Crippen molar-refractivity contribution in [3.05, 3.63) is 0 Å². The normalized spacial score (nSPS) is 35.3. The van der Waals surface area contributed by atoms with Crippen LogP contribution in [0.15, 0.2) is 0 Å². The van der Waals surface area contributed by atoms with Crippen molar-refractivity contribution in [1.82, 2.24) is 15.1 Å². The zero-order chi connectivity index (χ0) is 13.6. The topological polar surface area (TPSA) is 35.6 Å². The molecule has 0 bridgehead atoms. The highest BCUT2D eigenvalue weighted by Crippen LogP contribution is 2.45. The van der Waals surface area contributed by atoms with Crippen LogP contribution in [0.1, 0.15) is 38.5 Å². The minimum absolute atomic E-state index is 0. The second-order valence-electron chi connectivity index (χ2n) is 7.29. The number of carbonyl (C=O) groups is 1. The molecular weight excluding hydrogens is 321 g/mol. The summed E-state index contributed by atoms with van der Waals surface area (Å²) in [4.78, 5) is 17.9. The molecule has 2 atom stereocenters. The third kappa shape index (κ3) is 3.12.